The van der Waals surface area contributed by atoms with Crippen molar-refractivity contribution in [3.05, 3.63) is 35.1 Å². The van der Waals surface area contributed by atoms with Crippen molar-refractivity contribution in [2.75, 3.05) is 13.1 Å². The third-order valence-electron chi connectivity index (χ3n) is 3.91. The van der Waals surface area contributed by atoms with Gasteiger partial charge in [0.25, 0.3) is 0 Å². The monoisotopic (exact) mass is 280 g/mol. The van der Waals surface area contributed by atoms with Crippen molar-refractivity contribution in [3.8, 4) is 0 Å². The smallest absolute Gasteiger partial charge is 0.128 e. The Hall–Kier alpha value is -1.00. The van der Waals surface area contributed by atoms with Gasteiger partial charge in [0.05, 0.1) is 0 Å². The van der Waals surface area contributed by atoms with E-state index in [4.69, 9.17) is 18.0 Å². The van der Waals surface area contributed by atoms with Gasteiger partial charge in [-0.3, -0.25) is 4.90 Å². The number of hydrogen-bond acceptors (Lipinski definition) is 2. The summed E-state index contributed by atoms with van der Waals surface area (Å²) in [6.07, 6.45) is 3.72. The molecule has 0 spiro atoms. The zero-order valence-corrected chi connectivity index (χ0v) is 12.2. The largest absolute Gasteiger partial charge is 0.389 e. The number of thiocarbonyl (C=S) groups is 1. The number of hydrogen-bond donors (Lipinski definition) is 1. The van der Waals surface area contributed by atoms with Crippen LogP contribution in [0.25, 0.3) is 0 Å². The standard InChI is InChI=1S/C15H21FN2S/c1-2-11-4-3-7-18(9-11)10-13-6-5-12(15(17)19)8-14(13)16/h5-6,8,11H,2-4,7,9-10H2,1H3,(H2,17,19). The molecule has 0 radical (unpaired) electrons. The van der Waals surface area contributed by atoms with E-state index in [-0.39, 0.29) is 10.8 Å². The number of nitrogens with zero attached hydrogens (tertiary/aromatic N) is 1. The van der Waals surface area contributed by atoms with Gasteiger partial charge in [0.2, 0.25) is 0 Å². The molecule has 1 aliphatic heterocycles. The predicted molar refractivity (Wildman–Crippen MR) is 80.6 cm³/mol. The van der Waals surface area contributed by atoms with E-state index >= 15 is 0 Å². The molecular formula is C15H21FN2S. The minimum atomic E-state index is -0.205. The lowest BCUT2D eigenvalue weighted by Crippen LogP contribution is -2.34. The maximum absolute atomic E-state index is 14.0. The molecule has 2 nitrogen and oxygen atoms in total. The Morgan fingerprint density at radius 3 is 2.95 bits per heavy atom. The van der Waals surface area contributed by atoms with Crippen LogP contribution in [-0.2, 0) is 6.54 Å². The minimum absolute atomic E-state index is 0.205. The van der Waals surface area contributed by atoms with Crippen LogP contribution in [0.3, 0.4) is 0 Å². The number of halogens is 1. The highest BCUT2D eigenvalue weighted by molar-refractivity contribution is 7.80. The van der Waals surface area contributed by atoms with E-state index < -0.39 is 0 Å². The van der Waals surface area contributed by atoms with Gasteiger partial charge >= 0.3 is 0 Å². The Morgan fingerprint density at radius 2 is 2.32 bits per heavy atom. The molecule has 2 N–H and O–H groups in total. The average Bonchev–Trinajstić information content (AvgIpc) is 2.41. The van der Waals surface area contributed by atoms with E-state index in [2.05, 4.69) is 11.8 Å². The highest BCUT2D eigenvalue weighted by Crippen LogP contribution is 2.22. The lowest BCUT2D eigenvalue weighted by Gasteiger charge is -2.32. The molecule has 0 bridgehead atoms. The summed E-state index contributed by atoms with van der Waals surface area (Å²) in [5.41, 5.74) is 6.84. The van der Waals surface area contributed by atoms with E-state index in [1.54, 1.807) is 6.07 Å². The molecule has 0 saturated carbocycles. The maximum Gasteiger partial charge on any atom is 0.128 e. The molecule has 0 aromatic heterocycles. The summed E-state index contributed by atoms with van der Waals surface area (Å²) < 4.78 is 14.0. The van der Waals surface area contributed by atoms with Gasteiger partial charge in [-0.2, -0.15) is 0 Å². The summed E-state index contributed by atoms with van der Waals surface area (Å²) in [5.74, 6) is 0.552. The van der Waals surface area contributed by atoms with Crippen molar-refractivity contribution >= 4 is 17.2 Å². The molecule has 1 fully saturated rings. The van der Waals surface area contributed by atoms with Crippen LogP contribution in [-0.4, -0.2) is 23.0 Å². The summed E-state index contributed by atoms with van der Waals surface area (Å²) in [6, 6.07) is 5.06. The first-order valence-corrected chi connectivity index (χ1v) is 7.31. The SMILES string of the molecule is CCC1CCCN(Cc2ccc(C(N)=S)cc2F)C1. The normalized spacial score (nSPS) is 20.4. The topological polar surface area (TPSA) is 29.3 Å². The molecule has 104 valence electrons. The third kappa shape index (κ3) is 3.74. The van der Waals surface area contributed by atoms with Crippen LogP contribution in [0.1, 0.15) is 37.3 Å². The van der Waals surface area contributed by atoms with Gasteiger partial charge in [-0.05, 0) is 31.4 Å². The molecule has 19 heavy (non-hydrogen) atoms. The Labute approximate surface area is 119 Å². The maximum atomic E-state index is 14.0. The molecule has 1 unspecified atom stereocenters. The van der Waals surface area contributed by atoms with Crippen molar-refractivity contribution in [1.29, 1.82) is 0 Å². The first-order valence-electron chi connectivity index (χ1n) is 6.90. The van der Waals surface area contributed by atoms with Gasteiger partial charge < -0.3 is 5.73 Å². The van der Waals surface area contributed by atoms with Crippen LogP contribution in [0, 0.1) is 11.7 Å². The van der Waals surface area contributed by atoms with Crippen LogP contribution in [0.5, 0.6) is 0 Å². The second kappa shape index (κ2) is 6.44. The van der Waals surface area contributed by atoms with Gasteiger partial charge in [0.1, 0.15) is 10.8 Å². The summed E-state index contributed by atoms with van der Waals surface area (Å²) >= 11 is 4.86. The van der Waals surface area contributed by atoms with E-state index in [1.165, 1.54) is 25.3 Å². The second-order valence-electron chi connectivity index (χ2n) is 5.32. The van der Waals surface area contributed by atoms with Crippen molar-refractivity contribution in [2.24, 2.45) is 11.7 Å². The Balaban J connectivity index is 2.04. The third-order valence-corrected chi connectivity index (χ3v) is 4.15. The Kier molecular flexibility index (Phi) is 4.88. The molecule has 2 rings (SSSR count). The Bertz CT molecular complexity index is 461. The summed E-state index contributed by atoms with van der Waals surface area (Å²) in [4.78, 5) is 2.59. The number of piperidine rings is 1. The van der Waals surface area contributed by atoms with Crippen LogP contribution in [0.4, 0.5) is 4.39 Å². The first kappa shape index (κ1) is 14.4. The lowest BCUT2D eigenvalue weighted by molar-refractivity contribution is 0.163. The molecule has 1 heterocycles. The Morgan fingerprint density at radius 1 is 1.53 bits per heavy atom. The first-order chi connectivity index (χ1) is 9.10. The van der Waals surface area contributed by atoms with Crippen LogP contribution in [0.15, 0.2) is 18.2 Å². The highest BCUT2D eigenvalue weighted by Gasteiger charge is 2.19. The molecule has 1 saturated heterocycles. The molecule has 1 aromatic rings. The number of nitrogens with two attached hydrogens (primary N) is 1. The van der Waals surface area contributed by atoms with Crippen molar-refractivity contribution in [3.63, 3.8) is 0 Å². The fourth-order valence-electron chi connectivity index (χ4n) is 2.70. The van der Waals surface area contributed by atoms with Crippen molar-refractivity contribution < 1.29 is 4.39 Å². The van der Waals surface area contributed by atoms with Crippen LogP contribution >= 0.6 is 12.2 Å². The zero-order valence-electron chi connectivity index (χ0n) is 11.4. The van der Waals surface area contributed by atoms with E-state index in [9.17, 15) is 4.39 Å². The van der Waals surface area contributed by atoms with Gasteiger partial charge in [0, 0.05) is 24.2 Å². The van der Waals surface area contributed by atoms with Crippen molar-refractivity contribution in [2.45, 2.75) is 32.7 Å². The molecule has 1 aromatic carbocycles. The predicted octanol–water partition coefficient (Wildman–Crippen LogP) is 3.08. The fourth-order valence-corrected chi connectivity index (χ4v) is 2.82. The van der Waals surface area contributed by atoms with Gasteiger partial charge in [0.15, 0.2) is 0 Å². The number of rotatable bonds is 4. The van der Waals surface area contributed by atoms with E-state index in [0.29, 0.717) is 12.1 Å². The summed E-state index contributed by atoms with van der Waals surface area (Å²) in [5, 5.41) is 0. The molecular weight excluding hydrogens is 259 g/mol. The quantitative estimate of drug-likeness (QED) is 0.859. The molecule has 1 atom stereocenters. The van der Waals surface area contributed by atoms with Crippen LogP contribution < -0.4 is 5.73 Å². The summed E-state index contributed by atoms with van der Waals surface area (Å²) in [6.45, 7) is 5.05. The molecule has 0 aliphatic carbocycles. The zero-order chi connectivity index (χ0) is 13.8. The van der Waals surface area contributed by atoms with Gasteiger partial charge in [-0.15, -0.1) is 0 Å². The van der Waals surface area contributed by atoms with Crippen molar-refractivity contribution in [1.82, 2.24) is 4.90 Å². The summed E-state index contributed by atoms with van der Waals surface area (Å²) in [7, 11) is 0. The van der Waals surface area contributed by atoms with Gasteiger partial charge in [-0.1, -0.05) is 37.7 Å². The van der Waals surface area contributed by atoms with E-state index in [1.807, 2.05) is 6.07 Å². The fraction of sp³-hybridized carbons (Fsp3) is 0.533. The number of benzene rings is 1. The molecule has 0 amide bonds. The van der Waals surface area contributed by atoms with E-state index in [0.717, 1.165) is 24.6 Å². The second-order valence-corrected chi connectivity index (χ2v) is 5.76. The minimum Gasteiger partial charge on any atom is -0.389 e. The molecule has 4 heteroatoms. The average molecular weight is 280 g/mol. The lowest BCUT2D eigenvalue weighted by atomic mass is 9.95. The van der Waals surface area contributed by atoms with Gasteiger partial charge in [-0.25, -0.2) is 4.39 Å². The van der Waals surface area contributed by atoms with Crippen LogP contribution in [0.2, 0.25) is 0 Å². The number of likely N-dealkylation sites (tertiary alicyclic amines) is 1. The molecule has 1 aliphatic rings. The highest BCUT2D eigenvalue weighted by atomic mass is 32.1.